The zero-order valence-electron chi connectivity index (χ0n) is 21.2. The maximum atomic E-state index is 13.4. The average Bonchev–Trinajstić information content (AvgIpc) is 2.76. The molecule has 0 bridgehead atoms. The average molecular weight is 484 g/mol. The van der Waals surface area contributed by atoms with Gasteiger partial charge in [0.1, 0.15) is 16.2 Å². The lowest BCUT2D eigenvalue weighted by Gasteiger charge is -2.36. The summed E-state index contributed by atoms with van der Waals surface area (Å²) >= 11 is 1.21. The van der Waals surface area contributed by atoms with Crippen molar-refractivity contribution in [3.05, 3.63) is 62.6 Å². The SMILES string of the molecule is Cn1c(=O)c2c(SCC(=O)N(Cc3ccccc3)C(C)(C)C)nc(C(C)(C)C)nc2n(C)c1=O. The van der Waals surface area contributed by atoms with Crippen LogP contribution in [0.25, 0.3) is 11.0 Å². The third kappa shape index (κ3) is 5.24. The number of carbonyl (C=O) groups is 1. The Hall–Kier alpha value is -2.94. The van der Waals surface area contributed by atoms with Gasteiger partial charge in [-0.2, -0.15) is 0 Å². The van der Waals surface area contributed by atoms with Crippen molar-refractivity contribution in [1.82, 2.24) is 24.0 Å². The molecule has 2 aromatic heterocycles. The van der Waals surface area contributed by atoms with Crippen LogP contribution in [0.15, 0.2) is 44.9 Å². The lowest BCUT2D eigenvalue weighted by molar-refractivity contribution is -0.133. The first kappa shape index (κ1) is 25.7. The fraction of sp³-hybridized carbons (Fsp3) is 0.480. The highest BCUT2D eigenvalue weighted by molar-refractivity contribution is 8.00. The van der Waals surface area contributed by atoms with Crippen LogP contribution in [0.1, 0.15) is 52.9 Å². The van der Waals surface area contributed by atoms with Crippen molar-refractivity contribution in [2.24, 2.45) is 14.1 Å². The van der Waals surface area contributed by atoms with Gasteiger partial charge >= 0.3 is 5.69 Å². The van der Waals surface area contributed by atoms with Crippen LogP contribution in [-0.4, -0.2) is 41.2 Å². The van der Waals surface area contributed by atoms with E-state index in [9.17, 15) is 14.4 Å². The third-order valence-electron chi connectivity index (χ3n) is 5.56. The minimum absolute atomic E-state index is 0.0629. The van der Waals surface area contributed by atoms with Gasteiger partial charge in [0.25, 0.3) is 5.56 Å². The Morgan fingerprint density at radius 3 is 2.15 bits per heavy atom. The molecule has 0 aliphatic rings. The van der Waals surface area contributed by atoms with Gasteiger partial charge in [-0.25, -0.2) is 14.8 Å². The first-order valence-corrected chi connectivity index (χ1v) is 12.2. The van der Waals surface area contributed by atoms with Crippen molar-refractivity contribution in [1.29, 1.82) is 0 Å². The van der Waals surface area contributed by atoms with Crippen LogP contribution in [0.3, 0.4) is 0 Å². The van der Waals surface area contributed by atoms with E-state index >= 15 is 0 Å². The largest absolute Gasteiger partial charge is 0.333 e. The standard InChI is InChI=1S/C25H33N5O3S/c1-24(2,3)22-26-19-18(21(32)29(8)23(33)28(19)7)20(27-22)34-15-17(31)30(25(4,5)6)14-16-12-10-9-11-13-16/h9-13H,14-15H2,1-8H3. The molecule has 0 radical (unpaired) electrons. The molecule has 2 heterocycles. The number of rotatable bonds is 5. The second-order valence-corrected chi connectivity index (χ2v) is 11.4. The van der Waals surface area contributed by atoms with Gasteiger partial charge in [0, 0.05) is 31.6 Å². The van der Waals surface area contributed by atoms with Gasteiger partial charge in [-0.3, -0.25) is 18.7 Å². The molecule has 1 amide bonds. The molecular weight excluding hydrogens is 450 g/mol. The second-order valence-electron chi connectivity index (χ2n) is 10.4. The van der Waals surface area contributed by atoms with E-state index in [1.807, 2.05) is 76.8 Å². The summed E-state index contributed by atoms with van der Waals surface area (Å²) in [4.78, 5) is 50.0. The third-order valence-corrected chi connectivity index (χ3v) is 6.52. The van der Waals surface area contributed by atoms with E-state index in [0.717, 1.165) is 10.1 Å². The molecule has 0 spiro atoms. The van der Waals surface area contributed by atoms with E-state index in [0.29, 0.717) is 17.4 Å². The number of aromatic nitrogens is 4. The number of hydrogen-bond acceptors (Lipinski definition) is 6. The van der Waals surface area contributed by atoms with Crippen molar-refractivity contribution in [2.45, 2.75) is 64.1 Å². The summed E-state index contributed by atoms with van der Waals surface area (Å²) in [5, 5.41) is 0.661. The van der Waals surface area contributed by atoms with E-state index in [4.69, 9.17) is 0 Å². The number of aryl methyl sites for hydroxylation is 1. The van der Waals surface area contributed by atoms with Gasteiger partial charge in [-0.1, -0.05) is 62.9 Å². The van der Waals surface area contributed by atoms with Gasteiger partial charge in [0.2, 0.25) is 5.91 Å². The molecule has 8 nitrogen and oxygen atoms in total. The minimum atomic E-state index is -0.467. The number of thioether (sulfide) groups is 1. The summed E-state index contributed by atoms with van der Waals surface area (Å²) in [6.45, 7) is 12.4. The number of benzene rings is 1. The van der Waals surface area contributed by atoms with E-state index in [1.54, 1.807) is 7.05 Å². The monoisotopic (exact) mass is 483 g/mol. The lowest BCUT2D eigenvalue weighted by atomic mass is 9.96. The summed E-state index contributed by atoms with van der Waals surface area (Å²) in [6.07, 6.45) is 0. The van der Waals surface area contributed by atoms with Crippen LogP contribution >= 0.6 is 11.8 Å². The zero-order valence-corrected chi connectivity index (χ0v) is 22.0. The molecule has 0 aliphatic carbocycles. The van der Waals surface area contributed by atoms with Gasteiger partial charge in [-0.15, -0.1) is 0 Å². The maximum absolute atomic E-state index is 13.4. The predicted octanol–water partition coefficient (Wildman–Crippen LogP) is 3.24. The first-order valence-electron chi connectivity index (χ1n) is 11.2. The van der Waals surface area contributed by atoms with Crippen molar-refractivity contribution < 1.29 is 4.79 Å². The van der Waals surface area contributed by atoms with Gasteiger partial charge in [-0.05, 0) is 26.3 Å². The van der Waals surface area contributed by atoms with Crippen LogP contribution in [0, 0.1) is 0 Å². The molecule has 0 unspecified atom stereocenters. The Kier molecular flexibility index (Phi) is 7.07. The number of carbonyl (C=O) groups excluding carboxylic acids is 1. The Balaban J connectivity index is 2.04. The Morgan fingerprint density at radius 1 is 0.971 bits per heavy atom. The summed E-state index contributed by atoms with van der Waals surface area (Å²) in [7, 11) is 3.02. The van der Waals surface area contributed by atoms with E-state index in [1.165, 1.54) is 23.4 Å². The molecule has 0 N–H and O–H groups in total. The van der Waals surface area contributed by atoms with Crippen LogP contribution in [0.2, 0.25) is 0 Å². The number of nitrogens with zero attached hydrogens (tertiary/aromatic N) is 5. The van der Waals surface area contributed by atoms with Crippen LogP contribution < -0.4 is 11.2 Å². The fourth-order valence-corrected chi connectivity index (χ4v) is 4.43. The van der Waals surface area contributed by atoms with Gasteiger partial charge < -0.3 is 4.90 Å². The Bertz CT molecular complexity index is 1330. The first-order chi connectivity index (χ1) is 15.7. The predicted molar refractivity (Wildman–Crippen MR) is 136 cm³/mol. The van der Waals surface area contributed by atoms with Crippen molar-refractivity contribution >= 4 is 28.7 Å². The van der Waals surface area contributed by atoms with Gasteiger partial charge in [0.05, 0.1) is 5.75 Å². The molecule has 34 heavy (non-hydrogen) atoms. The summed E-state index contributed by atoms with van der Waals surface area (Å²) in [5.74, 6) is 0.549. The highest BCUT2D eigenvalue weighted by atomic mass is 32.2. The molecule has 182 valence electrons. The van der Waals surface area contributed by atoms with Crippen molar-refractivity contribution in [2.75, 3.05) is 5.75 Å². The molecule has 0 fully saturated rings. The second kappa shape index (κ2) is 9.37. The molecule has 3 aromatic rings. The van der Waals surface area contributed by atoms with Gasteiger partial charge in [0.15, 0.2) is 5.65 Å². The number of amides is 1. The highest BCUT2D eigenvalue weighted by Crippen LogP contribution is 2.28. The Labute approximate surface area is 204 Å². The van der Waals surface area contributed by atoms with Crippen LogP contribution in [0.4, 0.5) is 0 Å². The van der Waals surface area contributed by atoms with E-state index < -0.39 is 22.2 Å². The smallest absolute Gasteiger partial charge is 0.332 e. The maximum Gasteiger partial charge on any atom is 0.332 e. The molecule has 1 aromatic carbocycles. The number of hydrogen-bond donors (Lipinski definition) is 0. The van der Waals surface area contributed by atoms with Crippen LogP contribution in [0.5, 0.6) is 0 Å². The van der Waals surface area contributed by atoms with Crippen molar-refractivity contribution in [3.8, 4) is 0 Å². The highest BCUT2D eigenvalue weighted by Gasteiger charge is 2.28. The molecule has 9 heteroatoms. The van der Waals surface area contributed by atoms with E-state index in [2.05, 4.69) is 9.97 Å². The molecule has 3 rings (SSSR count). The quantitative estimate of drug-likeness (QED) is 0.409. The molecule has 0 saturated heterocycles. The topological polar surface area (TPSA) is 90.1 Å². The van der Waals surface area contributed by atoms with Crippen LogP contribution in [-0.2, 0) is 30.8 Å². The molecule has 0 saturated carbocycles. The summed E-state index contributed by atoms with van der Waals surface area (Å²) < 4.78 is 2.40. The van der Waals surface area contributed by atoms with Crippen molar-refractivity contribution in [3.63, 3.8) is 0 Å². The molecule has 0 atom stereocenters. The fourth-order valence-electron chi connectivity index (χ4n) is 3.54. The summed E-state index contributed by atoms with van der Waals surface area (Å²) in [5.41, 5.74) is -0.398. The normalized spacial score (nSPS) is 12.2. The Morgan fingerprint density at radius 2 is 1.59 bits per heavy atom. The minimum Gasteiger partial charge on any atom is -0.333 e. The van der Waals surface area contributed by atoms with E-state index in [-0.39, 0.29) is 22.7 Å². The zero-order chi connectivity index (χ0) is 25.4. The molecule has 0 aliphatic heterocycles. The molecular formula is C25H33N5O3S. The summed E-state index contributed by atoms with van der Waals surface area (Å²) in [6, 6.07) is 9.85. The lowest BCUT2D eigenvalue weighted by Crippen LogP contribution is -2.46. The number of fused-ring (bicyclic) bond motifs is 1.